The van der Waals surface area contributed by atoms with Crippen molar-refractivity contribution in [1.82, 2.24) is 9.97 Å². The molecule has 0 aliphatic carbocycles. The van der Waals surface area contributed by atoms with Crippen molar-refractivity contribution in [1.29, 1.82) is 0 Å². The fraction of sp³-hybridized carbons (Fsp3) is 0. The summed E-state index contributed by atoms with van der Waals surface area (Å²) in [6.07, 6.45) is 0. The fourth-order valence-electron chi connectivity index (χ4n) is 2.08. The lowest BCUT2D eigenvalue weighted by Crippen LogP contribution is -2.04. The highest BCUT2D eigenvalue weighted by Crippen LogP contribution is 2.29. The molecule has 0 unspecified atom stereocenters. The lowest BCUT2D eigenvalue weighted by molar-refractivity contribution is 1.23. The first-order chi connectivity index (χ1) is 9.75. The molecule has 2 aromatic carbocycles. The van der Waals surface area contributed by atoms with Gasteiger partial charge in [-0.2, -0.15) is 0 Å². The van der Waals surface area contributed by atoms with Gasteiger partial charge in [0, 0.05) is 11.1 Å². The van der Waals surface area contributed by atoms with E-state index < -0.39 is 0 Å². The van der Waals surface area contributed by atoms with Gasteiger partial charge < -0.3 is 11.5 Å². The number of nitrogen functional groups attached to an aromatic ring is 2. The van der Waals surface area contributed by atoms with E-state index in [0.29, 0.717) is 23.0 Å². The highest BCUT2D eigenvalue weighted by molar-refractivity contribution is 5.78. The van der Waals surface area contributed by atoms with Gasteiger partial charge in [0.1, 0.15) is 11.4 Å². The quantitative estimate of drug-likeness (QED) is 0.744. The van der Waals surface area contributed by atoms with Crippen LogP contribution in [0, 0.1) is 0 Å². The molecule has 0 saturated heterocycles. The predicted molar refractivity (Wildman–Crippen MR) is 81.7 cm³/mol. The van der Waals surface area contributed by atoms with Gasteiger partial charge in [0.05, 0.1) is 0 Å². The smallest absolute Gasteiger partial charge is 0.152 e. The molecule has 0 bridgehead atoms. The first-order valence-corrected chi connectivity index (χ1v) is 6.29. The molecule has 3 rings (SSSR count). The summed E-state index contributed by atoms with van der Waals surface area (Å²) in [6, 6.07) is 19.5. The number of aromatic nitrogens is 2. The van der Waals surface area contributed by atoms with Crippen LogP contribution in [-0.4, -0.2) is 9.97 Å². The van der Waals surface area contributed by atoms with E-state index in [9.17, 15) is 0 Å². The lowest BCUT2D eigenvalue weighted by Gasteiger charge is -2.10. The summed E-state index contributed by atoms with van der Waals surface area (Å²) in [7, 11) is 0. The monoisotopic (exact) mass is 262 g/mol. The van der Waals surface area contributed by atoms with E-state index in [-0.39, 0.29) is 0 Å². The van der Waals surface area contributed by atoms with Crippen LogP contribution in [0.2, 0.25) is 0 Å². The summed E-state index contributed by atoms with van der Waals surface area (Å²) in [6.45, 7) is 0. The van der Waals surface area contributed by atoms with Gasteiger partial charge in [-0.25, -0.2) is 9.97 Å². The van der Waals surface area contributed by atoms with Crippen molar-refractivity contribution in [3.05, 3.63) is 60.7 Å². The topological polar surface area (TPSA) is 77.8 Å². The number of anilines is 2. The maximum atomic E-state index is 5.95. The summed E-state index contributed by atoms with van der Waals surface area (Å²) >= 11 is 0. The van der Waals surface area contributed by atoms with E-state index in [1.807, 2.05) is 60.7 Å². The molecule has 4 nitrogen and oxygen atoms in total. The Hall–Kier alpha value is -2.88. The summed E-state index contributed by atoms with van der Waals surface area (Å²) in [5.41, 5.74) is 15.0. The number of hydrogen-bond acceptors (Lipinski definition) is 4. The molecule has 0 saturated carbocycles. The van der Waals surface area contributed by atoms with Gasteiger partial charge in [0.15, 0.2) is 11.6 Å². The highest BCUT2D eigenvalue weighted by Gasteiger charge is 2.12. The van der Waals surface area contributed by atoms with E-state index in [0.717, 1.165) is 11.1 Å². The second-order valence-corrected chi connectivity index (χ2v) is 4.42. The Morgan fingerprint density at radius 1 is 0.550 bits per heavy atom. The summed E-state index contributed by atoms with van der Waals surface area (Å²) in [5, 5.41) is 0. The number of nitrogens with zero attached hydrogens (tertiary/aromatic N) is 2. The van der Waals surface area contributed by atoms with Crippen LogP contribution in [0.1, 0.15) is 0 Å². The third-order valence-electron chi connectivity index (χ3n) is 3.04. The molecule has 98 valence electrons. The van der Waals surface area contributed by atoms with Crippen LogP contribution < -0.4 is 11.5 Å². The largest absolute Gasteiger partial charge is 0.382 e. The van der Waals surface area contributed by atoms with Gasteiger partial charge >= 0.3 is 0 Å². The van der Waals surface area contributed by atoms with Crippen molar-refractivity contribution in [2.24, 2.45) is 0 Å². The summed E-state index contributed by atoms with van der Waals surface area (Å²) < 4.78 is 0. The molecule has 1 aromatic heterocycles. The Kier molecular flexibility index (Phi) is 3.05. The number of rotatable bonds is 2. The predicted octanol–water partition coefficient (Wildman–Crippen LogP) is 2.98. The van der Waals surface area contributed by atoms with Gasteiger partial charge in [-0.15, -0.1) is 0 Å². The average molecular weight is 262 g/mol. The minimum absolute atomic E-state index is 0.341. The van der Waals surface area contributed by atoms with Crippen molar-refractivity contribution in [2.75, 3.05) is 11.5 Å². The van der Waals surface area contributed by atoms with Crippen molar-refractivity contribution < 1.29 is 0 Å². The molecule has 4 heteroatoms. The molecular weight excluding hydrogens is 248 g/mol. The zero-order chi connectivity index (χ0) is 13.9. The number of hydrogen-bond donors (Lipinski definition) is 2. The Morgan fingerprint density at radius 2 is 0.950 bits per heavy atom. The van der Waals surface area contributed by atoms with Crippen molar-refractivity contribution >= 4 is 11.6 Å². The summed E-state index contributed by atoms with van der Waals surface area (Å²) in [4.78, 5) is 8.82. The molecular formula is C16H14N4. The normalized spacial score (nSPS) is 10.4. The zero-order valence-electron chi connectivity index (χ0n) is 10.8. The molecule has 0 radical (unpaired) electrons. The maximum Gasteiger partial charge on any atom is 0.152 e. The Bertz CT molecular complexity index is 663. The Morgan fingerprint density at radius 3 is 1.35 bits per heavy atom. The van der Waals surface area contributed by atoms with E-state index >= 15 is 0 Å². The summed E-state index contributed by atoms with van der Waals surface area (Å²) in [5.74, 6) is 0.682. The van der Waals surface area contributed by atoms with E-state index in [1.165, 1.54) is 0 Å². The Labute approximate surface area is 117 Å². The molecule has 20 heavy (non-hydrogen) atoms. The third kappa shape index (κ3) is 2.19. The first-order valence-electron chi connectivity index (χ1n) is 6.29. The van der Waals surface area contributed by atoms with Crippen LogP contribution in [0.3, 0.4) is 0 Å². The second kappa shape index (κ2) is 5.01. The van der Waals surface area contributed by atoms with Crippen LogP contribution in [0.15, 0.2) is 60.7 Å². The van der Waals surface area contributed by atoms with Gasteiger partial charge in [-0.05, 0) is 0 Å². The van der Waals surface area contributed by atoms with E-state index in [4.69, 9.17) is 11.5 Å². The zero-order valence-corrected chi connectivity index (χ0v) is 10.8. The first kappa shape index (κ1) is 12.2. The van der Waals surface area contributed by atoms with E-state index in [2.05, 4.69) is 9.97 Å². The van der Waals surface area contributed by atoms with Crippen LogP contribution in [0.25, 0.3) is 22.5 Å². The molecule has 0 aliphatic rings. The maximum absolute atomic E-state index is 5.95. The Balaban J connectivity index is 2.19. The van der Waals surface area contributed by atoms with Crippen molar-refractivity contribution in [3.8, 4) is 22.5 Å². The fourth-order valence-corrected chi connectivity index (χ4v) is 2.08. The number of benzene rings is 2. The SMILES string of the molecule is Nc1nc(N)c(-c2ccccc2)nc1-c1ccccc1. The average Bonchev–Trinajstić information content (AvgIpc) is 2.49. The molecule has 4 N–H and O–H groups in total. The molecule has 0 fully saturated rings. The molecule has 1 heterocycles. The van der Waals surface area contributed by atoms with Gasteiger partial charge in [0.2, 0.25) is 0 Å². The molecule has 0 aliphatic heterocycles. The van der Waals surface area contributed by atoms with Gasteiger partial charge in [0.25, 0.3) is 0 Å². The number of nitrogens with two attached hydrogens (primary N) is 2. The van der Waals surface area contributed by atoms with Crippen molar-refractivity contribution in [2.45, 2.75) is 0 Å². The van der Waals surface area contributed by atoms with Crippen LogP contribution in [0.5, 0.6) is 0 Å². The standard InChI is InChI=1S/C16H14N4/c17-15-13(11-7-3-1-4-8-11)19-14(16(18)20-15)12-9-5-2-6-10-12/h1-10H,(H4,17,18,20). The highest BCUT2D eigenvalue weighted by atomic mass is 15.0. The van der Waals surface area contributed by atoms with Crippen LogP contribution in [0.4, 0.5) is 11.6 Å². The molecule has 0 amide bonds. The molecule has 3 aromatic rings. The van der Waals surface area contributed by atoms with Gasteiger partial charge in [-0.3, -0.25) is 0 Å². The lowest BCUT2D eigenvalue weighted by atomic mass is 10.1. The minimum Gasteiger partial charge on any atom is -0.382 e. The van der Waals surface area contributed by atoms with Crippen LogP contribution in [-0.2, 0) is 0 Å². The van der Waals surface area contributed by atoms with Crippen LogP contribution >= 0.6 is 0 Å². The third-order valence-corrected chi connectivity index (χ3v) is 3.04. The van der Waals surface area contributed by atoms with E-state index in [1.54, 1.807) is 0 Å². The van der Waals surface area contributed by atoms with Gasteiger partial charge in [-0.1, -0.05) is 60.7 Å². The molecule has 0 atom stereocenters. The molecule has 0 spiro atoms. The minimum atomic E-state index is 0.341. The second-order valence-electron chi connectivity index (χ2n) is 4.42. The van der Waals surface area contributed by atoms with Crippen molar-refractivity contribution in [3.63, 3.8) is 0 Å².